The van der Waals surface area contributed by atoms with E-state index in [0.29, 0.717) is 0 Å². The fourth-order valence-corrected chi connectivity index (χ4v) is 2.84. The Morgan fingerprint density at radius 2 is 2.20 bits per heavy atom. The van der Waals surface area contributed by atoms with Gasteiger partial charge in [0.1, 0.15) is 5.82 Å². The number of aromatic nitrogens is 3. The second-order valence-electron chi connectivity index (χ2n) is 5.50. The van der Waals surface area contributed by atoms with Crippen molar-refractivity contribution in [2.75, 3.05) is 18.0 Å². The molecule has 0 atom stereocenters. The lowest BCUT2D eigenvalue weighted by Gasteiger charge is -2.32. The third kappa shape index (κ3) is 1.80. The van der Waals surface area contributed by atoms with Crippen molar-refractivity contribution in [1.82, 2.24) is 14.5 Å². The highest BCUT2D eigenvalue weighted by Gasteiger charge is 2.18. The van der Waals surface area contributed by atoms with Crippen LogP contribution in [0.3, 0.4) is 0 Å². The molecule has 1 N–H and O–H groups in total. The predicted molar refractivity (Wildman–Crippen MR) is 81.2 cm³/mol. The quantitative estimate of drug-likeness (QED) is 0.791. The van der Waals surface area contributed by atoms with Crippen LogP contribution >= 0.6 is 0 Å². The smallest absolute Gasteiger partial charge is 0.105 e. The lowest BCUT2D eigenvalue weighted by atomic mass is 10.1. The van der Waals surface area contributed by atoms with Gasteiger partial charge < -0.3 is 14.5 Å². The van der Waals surface area contributed by atoms with E-state index in [1.165, 1.54) is 41.7 Å². The Morgan fingerprint density at radius 3 is 2.90 bits per heavy atom. The van der Waals surface area contributed by atoms with Crippen LogP contribution in [0.5, 0.6) is 0 Å². The van der Waals surface area contributed by atoms with E-state index < -0.39 is 0 Å². The van der Waals surface area contributed by atoms with Gasteiger partial charge >= 0.3 is 0 Å². The maximum absolute atomic E-state index is 4.28. The summed E-state index contributed by atoms with van der Waals surface area (Å²) in [7, 11) is 0. The number of hydrogen-bond donors (Lipinski definition) is 1. The third-order valence-corrected chi connectivity index (χ3v) is 4.20. The summed E-state index contributed by atoms with van der Waals surface area (Å²) < 4.78 is 2.18. The Balaban J connectivity index is 1.72. The molecule has 3 aromatic rings. The summed E-state index contributed by atoms with van der Waals surface area (Å²) in [6, 6.07) is 6.68. The highest BCUT2D eigenvalue weighted by molar-refractivity contribution is 5.93. The zero-order valence-corrected chi connectivity index (χ0v) is 11.6. The van der Waals surface area contributed by atoms with Crippen LogP contribution in [-0.2, 0) is 6.54 Å². The average Bonchev–Trinajstić information content (AvgIpc) is 2.96. The van der Waals surface area contributed by atoms with Crippen molar-refractivity contribution in [1.29, 1.82) is 0 Å². The number of nitrogens with zero attached hydrogens (tertiary/aromatic N) is 3. The molecule has 4 rings (SSSR count). The number of rotatable bonds is 3. The average molecular weight is 266 g/mol. The van der Waals surface area contributed by atoms with Gasteiger partial charge in [-0.05, 0) is 31.0 Å². The van der Waals surface area contributed by atoms with E-state index in [-0.39, 0.29) is 0 Å². The van der Waals surface area contributed by atoms with E-state index in [0.717, 1.165) is 12.4 Å². The Labute approximate surface area is 118 Å². The van der Waals surface area contributed by atoms with E-state index in [9.17, 15) is 0 Å². The molecule has 0 unspecified atom stereocenters. The first-order chi connectivity index (χ1) is 9.81. The fourth-order valence-electron chi connectivity index (χ4n) is 2.84. The van der Waals surface area contributed by atoms with Crippen LogP contribution in [0.1, 0.15) is 17.8 Å². The van der Waals surface area contributed by atoms with Gasteiger partial charge in [-0.2, -0.15) is 0 Å². The molecule has 1 aromatic carbocycles. The number of nitrogens with one attached hydrogen (secondary N) is 1. The predicted octanol–water partition coefficient (Wildman–Crippen LogP) is 2.93. The number of aromatic amines is 1. The van der Waals surface area contributed by atoms with Gasteiger partial charge in [0.05, 0.1) is 5.69 Å². The number of anilines is 1. The van der Waals surface area contributed by atoms with E-state index in [1.807, 2.05) is 19.3 Å². The molecule has 2 aromatic heterocycles. The molecule has 4 heteroatoms. The van der Waals surface area contributed by atoms with Gasteiger partial charge in [0.25, 0.3) is 0 Å². The van der Waals surface area contributed by atoms with Crippen molar-refractivity contribution in [2.45, 2.75) is 19.9 Å². The van der Waals surface area contributed by atoms with Gasteiger partial charge in [0, 0.05) is 49.1 Å². The summed E-state index contributed by atoms with van der Waals surface area (Å²) in [5.41, 5.74) is 3.88. The number of benzene rings is 1. The molecule has 1 aliphatic heterocycles. The molecular formula is C16H18N4. The van der Waals surface area contributed by atoms with Crippen LogP contribution in [0.4, 0.5) is 5.69 Å². The second-order valence-corrected chi connectivity index (χ2v) is 5.50. The second kappa shape index (κ2) is 4.40. The first-order valence-electron chi connectivity index (χ1n) is 7.14. The minimum atomic E-state index is 0.881. The van der Waals surface area contributed by atoms with Crippen molar-refractivity contribution in [2.24, 2.45) is 0 Å². The summed E-state index contributed by atoms with van der Waals surface area (Å²) in [4.78, 5) is 10.1. The van der Waals surface area contributed by atoms with Crippen molar-refractivity contribution in [3.05, 3.63) is 48.2 Å². The van der Waals surface area contributed by atoms with E-state index >= 15 is 0 Å². The SMILES string of the molecule is Cc1nccn1Cc1ccc2[nH]cc(N3CCC3)c2c1. The molecule has 0 bridgehead atoms. The molecule has 1 fully saturated rings. The summed E-state index contributed by atoms with van der Waals surface area (Å²) >= 11 is 0. The zero-order chi connectivity index (χ0) is 13.5. The van der Waals surface area contributed by atoms with Crippen LogP contribution < -0.4 is 4.90 Å². The lowest BCUT2D eigenvalue weighted by Crippen LogP contribution is -2.36. The van der Waals surface area contributed by atoms with E-state index in [1.54, 1.807) is 0 Å². The van der Waals surface area contributed by atoms with Crippen molar-refractivity contribution in [3.8, 4) is 0 Å². The molecule has 20 heavy (non-hydrogen) atoms. The maximum atomic E-state index is 4.28. The highest BCUT2D eigenvalue weighted by Crippen LogP contribution is 2.30. The lowest BCUT2D eigenvalue weighted by molar-refractivity contribution is 0.620. The van der Waals surface area contributed by atoms with Crippen molar-refractivity contribution < 1.29 is 0 Å². The summed E-state index contributed by atoms with van der Waals surface area (Å²) in [5.74, 6) is 1.06. The number of hydrogen-bond acceptors (Lipinski definition) is 2. The van der Waals surface area contributed by atoms with E-state index in [2.05, 4.69) is 43.8 Å². The van der Waals surface area contributed by atoms with Gasteiger partial charge in [0.2, 0.25) is 0 Å². The van der Waals surface area contributed by atoms with Crippen LogP contribution in [0.25, 0.3) is 10.9 Å². The van der Waals surface area contributed by atoms with Crippen LogP contribution in [0, 0.1) is 6.92 Å². The Morgan fingerprint density at radius 1 is 1.30 bits per heavy atom. The summed E-state index contributed by atoms with van der Waals surface area (Å²) in [6.07, 6.45) is 7.33. The summed E-state index contributed by atoms with van der Waals surface area (Å²) in [6.45, 7) is 5.28. The molecule has 0 radical (unpaired) electrons. The van der Waals surface area contributed by atoms with Gasteiger partial charge in [0.15, 0.2) is 0 Å². The topological polar surface area (TPSA) is 36.9 Å². The number of imidazole rings is 1. The number of aryl methyl sites for hydroxylation is 1. The monoisotopic (exact) mass is 266 g/mol. The molecule has 0 spiro atoms. The molecule has 0 aliphatic carbocycles. The molecule has 3 heterocycles. The molecule has 1 saturated heterocycles. The molecule has 102 valence electrons. The van der Waals surface area contributed by atoms with Crippen LogP contribution in [-0.4, -0.2) is 27.6 Å². The van der Waals surface area contributed by atoms with Gasteiger partial charge in [-0.15, -0.1) is 0 Å². The largest absolute Gasteiger partial charge is 0.370 e. The van der Waals surface area contributed by atoms with Crippen LogP contribution in [0.2, 0.25) is 0 Å². The van der Waals surface area contributed by atoms with Gasteiger partial charge in [-0.25, -0.2) is 4.98 Å². The van der Waals surface area contributed by atoms with Crippen molar-refractivity contribution >= 4 is 16.6 Å². The first kappa shape index (κ1) is 11.6. The van der Waals surface area contributed by atoms with E-state index in [4.69, 9.17) is 0 Å². The van der Waals surface area contributed by atoms with Crippen molar-refractivity contribution in [3.63, 3.8) is 0 Å². The van der Waals surface area contributed by atoms with Crippen LogP contribution in [0.15, 0.2) is 36.8 Å². The fraction of sp³-hybridized carbons (Fsp3) is 0.312. The molecule has 0 saturated carbocycles. The maximum Gasteiger partial charge on any atom is 0.105 e. The standard InChI is InChI=1S/C16H18N4/c1-12-17-5-8-20(12)11-13-3-4-15-14(9-13)16(10-18-15)19-6-2-7-19/h3-5,8-10,18H,2,6-7,11H2,1H3. The highest BCUT2D eigenvalue weighted by atomic mass is 15.2. The molecule has 1 aliphatic rings. The minimum absolute atomic E-state index is 0.881. The molecule has 0 amide bonds. The minimum Gasteiger partial charge on any atom is -0.370 e. The normalized spacial score (nSPS) is 14.8. The Kier molecular flexibility index (Phi) is 2.55. The third-order valence-electron chi connectivity index (χ3n) is 4.20. The Bertz CT molecular complexity index is 749. The van der Waals surface area contributed by atoms with Gasteiger partial charge in [-0.3, -0.25) is 0 Å². The number of H-pyrrole nitrogens is 1. The molecule has 4 nitrogen and oxygen atoms in total. The van der Waals surface area contributed by atoms with Gasteiger partial charge in [-0.1, -0.05) is 6.07 Å². The summed E-state index contributed by atoms with van der Waals surface area (Å²) in [5, 5.41) is 1.33. The molecular weight excluding hydrogens is 248 g/mol. The zero-order valence-electron chi connectivity index (χ0n) is 11.6. The first-order valence-corrected chi connectivity index (χ1v) is 7.14. The number of fused-ring (bicyclic) bond motifs is 1. The Hall–Kier alpha value is -2.23.